The second-order valence-electron chi connectivity index (χ2n) is 3.78. The number of aliphatic hydroxyl groups is 1. The van der Waals surface area contributed by atoms with Crippen LogP contribution in [0.4, 0.5) is 0 Å². The van der Waals surface area contributed by atoms with Crippen LogP contribution in [-0.4, -0.2) is 14.7 Å². The van der Waals surface area contributed by atoms with Gasteiger partial charge >= 0.3 is 0 Å². The van der Waals surface area contributed by atoms with E-state index >= 15 is 0 Å². The van der Waals surface area contributed by atoms with Gasteiger partial charge in [-0.1, -0.05) is 0 Å². The highest BCUT2D eigenvalue weighted by Gasteiger charge is 2.14. The zero-order valence-corrected chi connectivity index (χ0v) is 13.2. The first-order valence-corrected chi connectivity index (χ1v) is 7.57. The standard InChI is InChI=1S/C11H12Br2N2OS/c1-15-5-4-14-10(15)3-2-8(16)9-6-7(12)11(13)17-9/h4-6,8,16H,2-3H2,1H3. The first-order valence-electron chi connectivity index (χ1n) is 5.17. The molecule has 0 amide bonds. The molecule has 2 aromatic rings. The molecule has 0 bridgehead atoms. The molecule has 1 N–H and O–H groups in total. The van der Waals surface area contributed by atoms with Crippen LogP contribution in [0.15, 0.2) is 26.7 Å². The van der Waals surface area contributed by atoms with E-state index in [1.54, 1.807) is 17.5 Å². The van der Waals surface area contributed by atoms with Crippen molar-refractivity contribution >= 4 is 43.2 Å². The van der Waals surface area contributed by atoms with Crippen molar-refractivity contribution in [3.63, 3.8) is 0 Å². The first-order chi connectivity index (χ1) is 8.08. The summed E-state index contributed by atoms with van der Waals surface area (Å²) >= 11 is 8.41. The van der Waals surface area contributed by atoms with Crippen LogP contribution in [0.25, 0.3) is 0 Å². The fourth-order valence-electron chi connectivity index (χ4n) is 1.57. The van der Waals surface area contributed by atoms with Gasteiger partial charge in [-0.05, 0) is 44.3 Å². The monoisotopic (exact) mass is 378 g/mol. The number of thiophene rings is 1. The summed E-state index contributed by atoms with van der Waals surface area (Å²) in [4.78, 5) is 5.21. The molecule has 0 saturated heterocycles. The maximum atomic E-state index is 10.1. The molecule has 1 atom stereocenters. The van der Waals surface area contributed by atoms with Gasteiger partial charge in [-0.15, -0.1) is 11.3 Å². The highest BCUT2D eigenvalue weighted by atomic mass is 79.9. The molecule has 0 radical (unpaired) electrons. The Kier molecular flexibility index (Phi) is 4.41. The van der Waals surface area contributed by atoms with E-state index in [9.17, 15) is 5.11 Å². The van der Waals surface area contributed by atoms with Crippen molar-refractivity contribution in [3.05, 3.63) is 37.4 Å². The molecule has 1 unspecified atom stereocenters. The normalized spacial score (nSPS) is 12.9. The Morgan fingerprint density at radius 3 is 2.82 bits per heavy atom. The predicted octanol–water partition coefficient (Wildman–Crippen LogP) is 3.67. The van der Waals surface area contributed by atoms with Gasteiger partial charge in [0.25, 0.3) is 0 Å². The van der Waals surface area contributed by atoms with Gasteiger partial charge in [0, 0.05) is 35.2 Å². The fourth-order valence-corrected chi connectivity index (χ4v) is 3.68. The van der Waals surface area contributed by atoms with Gasteiger partial charge in [0.05, 0.1) is 9.89 Å². The fraction of sp³-hybridized carbons (Fsp3) is 0.364. The van der Waals surface area contributed by atoms with Crippen molar-refractivity contribution in [2.75, 3.05) is 0 Å². The number of aliphatic hydroxyl groups excluding tert-OH is 1. The van der Waals surface area contributed by atoms with E-state index in [0.29, 0.717) is 6.42 Å². The van der Waals surface area contributed by atoms with Crippen LogP contribution in [0.3, 0.4) is 0 Å². The van der Waals surface area contributed by atoms with Gasteiger partial charge in [0.2, 0.25) is 0 Å². The Labute approximate surface area is 121 Å². The smallest absolute Gasteiger partial charge is 0.108 e. The van der Waals surface area contributed by atoms with E-state index in [0.717, 1.165) is 25.4 Å². The number of rotatable bonds is 4. The summed E-state index contributed by atoms with van der Waals surface area (Å²) in [5.41, 5.74) is 0. The summed E-state index contributed by atoms with van der Waals surface area (Å²) in [7, 11) is 1.97. The summed E-state index contributed by atoms with van der Waals surface area (Å²) in [5, 5.41) is 10.1. The zero-order chi connectivity index (χ0) is 12.4. The van der Waals surface area contributed by atoms with E-state index in [4.69, 9.17) is 0 Å². The molecule has 0 saturated carbocycles. The third-order valence-electron chi connectivity index (χ3n) is 2.55. The van der Waals surface area contributed by atoms with Crippen LogP contribution in [-0.2, 0) is 13.5 Å². The largest absolute Gasteiger partial charge is 0.388 e. The van der Waals surface area contributed by atoms with E-state index in [2.05, 4.69) is 36.8 Å². The summed E-state index contributed by atoms with van der Waals surface area (Å²) in [6.07, 6.45) is 4.72. The lowest BCUT2D eigenvalue weighted by molar-refractivity contribution is 0.170. The second-order valence-corrected chi connectivity index (χ2v) is 7.04. The lowest BCUT2D eigenvalue weighted by Crippen LogP contribution is -2.02. The molecule has 3 nitrogen and oxygen atoms in total. The average molecular weight is 380 g/mol. The molecule has 17 heavy (non-hydrogen) atoms. The second kappa shape index (κ2) is 5.65. The Morgan fingerprint density at radius 2 is 2.29 bits per heavy atom. The lowest BCUT2D eigenvalue weighted by atomic mass is 10.1. The molecule has 0 aromatic carbocycles. The first kappa shape index (κ1) is 13.3. The molecule has 0 fully saturated rings. The van der Waals surface area contributed by atoms with Gasteiger partial charge in [-0.3, -0.25) is 0 Å². The number of imidazole rings is 1. The van der Waals surface area contributed by atoms with E-state index in [1.807, 2.05) is 23.9 Å². The van der Waals surface area contributed by atoms with Crippen LogP contribution in [0.2, 0.25) is 0 Å². The summed E-state index contributed by atoms with van der Waals surface area (Å²) in [5.74, 6) is 0.999. The quantitative estimate of drug-likeness (QED) is 0.879. The molecule has 0 aliphatic carbocycles. The van der Waals surface area contributed by atoms with Crippen molar-refractivity contribution < 1.29 is 5.11 Å². The van der Waals surface area contributed by atoms with Gasteiger partial charge in [-0.25, -0.2) is 4.98 Å². The van der Waals surface area contributed by atoms with Crippen molar-refractivity contribution in [2.24, 2.45) is 7.05 Å². The minimum Gasteiger partial charge on any atom is -0.388 e. The Hall–Kier alpha value is -0.170. The van der Waals surface area contributed by atoms with Crippen LogP contribution in [0, 0.1) is 0 Å². The Balaban J connectivity index is 1.98. The number of hydrogen-bond donors (Lipinski definition) is 1. The third kappa shape index (κ3) is 3.19. The maximum Gasteiger partial charge on any atom is 0.108 e. The van der Waals surface area contributed by atoms with Crippen LogP contribution in [0.5, 0.6) is 0 Å². The Morgan fingerprint density at radius 1 is 1.53 bits per heavy atom. The molecule has 0 aliphatic rings. The van der Waals surface area contributed by atoms with E-state index < -0.39 is 6.10 Å². The molecule has 6 heteroatoms. The van der Waals surface area contributed by atoms with Crippen molar-refractivity contribution in [1.82, 2.24) is 9.55 Å². The Bertz CT molecular complexity index is 490. The lowest BCUT2D eigenvalue weighted by Gasteiger charge is -2.07. The minimum absolute atomic E-state index is 0.431. The number of aromatic nitrogens is 2. The summed E-state index contributed by atoms with van der Waals surface area (Å²) < 4.78 is 3.99. The van der Waals surface area contributed by atoms with Crippen LogP contribution >= 0.6 is 43.2 Å². The number of hydrogen-bond acceptors (Lipinski definition) is 3. The molecule has 2 aromatic heterocycles. The van der Waals surface area contributed by atoms with Crippen molar-refractivity contribution in [1.29, 1.82) is 0 Å². The number of nitrogens with zero attached hydrogens (tertiary/aromatic N) is 2. The molecule has 2 heterocycles. The van der Waals surface area contributed by atoms with Gasteiger partial charge in [0.15, 0.2) is 0 Å². The van der Waals surface area contributed by atoms with Crippen molar-refractivity contribution in [3.8, 4) is 0 Å². The predicted molar refractivity (Wildman–Crippen MR) is 76.2 cm³/mol. The molecular weight excluding hydrogens is 368 g/mol. The highest BCUT2D eigenvalue weighted by Crippen LogP contribution is 2.36. The molecule has 2 rings (SSSR count). The van der Waals surface area contributed by atoms with Crippen LogP contribution < -0.4 is 0 Å². The topological polar surface area (TPSA) is 38.0 Å². The number of halogens is 2. The molecule has 0 aliphatic heterocycles. The molecule has 0 spiro atoms. The zero-order valence-electron chi connectivity index (χ0n) is 9.23. The number of aryl methyl sites for hydroxylation is 2. The van der Waals surface area contributed by atoms with Crippen molar-refractivity contribution in [2.45, 2.75) is 18.9 Å². The average Bonchev–Trinajstić information content (AvgIpc) is 2.83. The van der Waals surface area contributed by atoms with Gasteiger partial charge in [-0.2, -0.15) is 0 Å². The maximum absolute atomic E-state index is 10.1. The highest BCUT2D eigenvalue weighted by molar-refractivity contribution is 9.13. The summed E-state index contributed by atoms with van der Waals surface area (Å²) in [6, 6.07) is 1.96. The van der Waals surface area contributed by atoms with E-state index in [-0.39, 0.29) is 0 Å². The molecule has 92 valence electrons. The van der Waals surface area contributed by atoms with Gasteiger partial charge in [0.1, 0.15) is 5.82 Å². The minimum atomic E-state index is -0.431. The molecular formula is C11H12Br2N2OS. The SMILES string of the molecule is Cn1ccnc1CCC(O)c1cc(Br)c(Br)s1. The summed E-state index contributed by atoms with van der Waals surface area (Å²) in [6.45, 7) is 0. The third-order valence-corrected chi connectivity index (χ3v) is 5.91. The van der Waals surface area contributed by atoms with E-state index in [1.165, 1.54) is 0 Å². The van der Waals surface area contributed by atoms with Crippen LogP contribution in [0.1, 0.15) is 23.2 Å². The van der Waals surface area contributed by atoms with Gasteiger partial charge < -0.3 is 9.67 Å².